The lowest BCUT2D eigenvalue weighted by atomic mass is 10.0. The molecule has 19 heavy (non-hydrogen) atoms. The third-order valence-corrected chi connectivity index (χ3v) is 3.39. The summed E-state index contributed by atoms with van der Waals surface area (Å²) >= 11 is 3.54. The highest BCUT2D eigenvalue weighted by molar-refractivity contribution is 9.10. The van der Waals surface area contributed by atoms with E-state index in [1.165, 1.54) is 0 Å². The van der Waals surface area contributed by atoms with E-state index in [0.29, 0.717) is 19.1 Å². The highest BCUT2D eigenvalue weighted by Crippen LogP contribution is 2.27. The van der Waals surface area contributed by atoms with Gasteiger partial charge in [-0.15, -0.1) is 0 Å². The summed E-state index contributed by atoms with van der Waals surface area (Å²) in [4.78, 5) is 0. The van der Waals surface area contributed by atoms with Gasteiger partial charge in [-0.25, -0.2) is 0 Å². The van der Waals surface area contributed by atoms with Crippen LogP contribution < -0.4 is 5.73 Å². The van der Waals surface area contributed by atoms with Gasteiger partial charge in [0.15, 0.2) is 0 Å². The van der Waals surface area contributed by atoms with Crippen molar-refractivity contribution in [3.8, 4) is 0 Å². The van der Waals surface area contributed by atoms with Crippen molar-refractivity contribution in [2.24, 2.45) is 11.7 Å². The summed E-state index contributed by atoms with van der Waals surface area (Å²) in [5, 5.41) is 0. The fraction of sp³-hybridized carbons (Fsp3) is 0.600. The van der Waals surface area contributed by atoms with Gasteiger partial charge in [-0.2, -0.15) is 0 Å². The summed E-state index contributed by atoms with van der Waals surface area (Å²) in [6.45, 7) is 8.14. The molecule has 1 aromatic carbocycles. The van der Waals surface area contributed by atoms with Gasteiger partial charge in [0.05, 0.1) is 19.3 Å². The monoisotopic (exact) mass is 329 g/mol. The fourth-order valence-corrected chi connectivity index (χ4v) is 2.29. The minimum atomic E-state index is -0.113. The summed E-state index contributed by atoms with van der Waals surface area (Å²) in [5.74, 6) is 0.549. The quantitative estimate of drug-likeness (QED) is 0.742. The van der Waals surface area contributed by atoms with Crippen LogP contribution in [0.15, 0.2) is 28.7 Å². The Labute approximate surface area is 124 Å². The Kier molecular flexibility index (Phi) is 7.61. The molecule has 0 amide bonds. The predicted molar refractivity (Wildman–Crippen MR) is 82.1 cm³/mol. The fourth-order valence-electron chi connectivity index (χ4n) is 1.78. The van der Waals surface area contributed by atoms with Crippen LogP contribution in [-0.4, -0.2) is 25.9 Å². The van der Waals surface area contributed by atoms with Crippen LogP contribution in [0.2, 0.25) is 0 Å². The maximum absolute atomic E-state index is 6.01. The van der Waals surface area contributed by atoms with Gasteiger partial charge in [0.1, 0.15) is 0 Å². The molecule has 0 bridgehead atoms. The van der Waals surface area contributed by atoms with E-state index in [0.717, 1.165) is 16.6 Å². The first-order chi connectivity index (χ1) is 9.02. The molecule has 108 valence electrons. The molecule has 0 heterocycles. The van der Waals surface area contributed by atoms with Crippen molar-refractivity contribution < 1.29 is 9.47 Å². The predicted octanol–water partition coefficient (Wildman–Crippen LogP) is 3.53. The van der Waals surface area contributed by atoms with Crippen LogP contribution in [0.25, 0.3) is 0 Å². The SMILES string of the molecule is CC(C)COCCOC(c1ccccc1Br)C(C)N. The first-order valence-corrected chi connectivity index (χ1v) is 7.51. The molecule has 4 heteroatoms. The van der Waals surface area contributed by atoms with Gasteiger partial charge < -0.3 is 15.2 Å². The van der Waals surface area contributed by atoms with Gasteiger partial charge >= 0.3 is 0 Å². The molecular formula is C15H24BrNO2. The normalized spacial score (nSPS) is 14.6. The Hall–Kier alpha value is -0.420. The number of benzene rings is 1. The maximum Gasteiger partial charge on any atom is 0.0985 e. The molecule has 0 aliphatic heterocycles. The lowest BCUT2D eigenvalue weighted by molar-refractivity contribution is -0.00985. The molecule has 0 saturated carbocycles. The minimum Gasteiger partial charge on any atom is -0.379 e. The molecule has 2 atom stereocenters. The zero-order valence-corrected chi connectivity index (χ0v) is 13.5. The maximum atomic E-state index is 6.01. The summed E-state index contributed by atoms with van der Waals surface area (Å²) in [6.07, 6.45) is -0.113. The van der Waals surface area contributed by atoms with Gasteiger partial charge in [0.2, 0.25) is 0 Å². The third-order valence-electron chi connectivity index (χ3n) is 2.67. The average molecular weight is 330 g/mol. The molecule has 0 aromatic heterocycles. The smallest absolute Gasteiger partial charge is 0.0985 e. The molecule has 1 rings (SSSR count). The van der Waals surface area contributed by atoms with Crippen LogP contribution in [0.1, 0.15) is 32.4 Å². The van der Waals surface area contributed by atoms with E-state index in [9.17, 15) is 0 Å². The second-order valence-electron chi connectivity index (χ2n) is 5.14. The largest absolute Gasteiger partial charge is 0.379 e. The zero-order chi connectivity index (χ0) is 14.3. The summed E-state index contributed by atoms with van der Waals surface area (Å²) in [5.41, 5.74) is 7.10. The highest BCUT2D eigenvalue weighted by atomic mass is 79.9. The van der Waals surface area contributed by atoms with E-state index in [1.807, 2.05) is 31.2 Å². The van der Waals surface area contributed by atoms with Crippen molar-refractivity contribution in [3.63, 3.8) is 0 Å². The number of rotatable bonds is 8. The second-order valence-corrected chi connectivity index (χ2v) is 6.00. The van der Waals surface area contributed by atoms with Crippen LogP contribution in [0.5, 0.6) is 0 Å². The third kappa shape index (κ3) is 6.04. The van der Waals surface area contributed by atoms with Gasteiger partial charge in [0.25, 0.3) is 0 Å². The van der Waals surface area contributed by atoms with E-state index in [-0.39, 0.29) is 12.1 Å². The first-order valence-electron chi connectivity index (χ1n) is 6.71. The molecule has 2 unspecified atom stereocenters. The Morgan fingerprint density at radius 2 is 1.84 bits per heavy atom. The van der Waals surface area contributed by atoms with Crippen molar-refractivity contribution in [2.75, 3.05) is 19.8 Å². The van der Waals surface area contributed by atoms with E-state index in [2.05, 4.69) is 29.8 Å². The van der Waals surface area contributed by atoms with Crippen LogP contribution >= 0.6 is 15.9 Å². The summed E-state index contributed by atoms with van der Waals surface area (Å²) in [6, 6.07) is 7.95. The molecule has 0 aliphatic carbocycles. The molecular weight excluding hydrogens is 306 g/mol. The highest BCUT2D eigenvalue weighted by Gasteiger charge is 2.18. The van der Waals surface area contributed by atoms with Gasteiger partial charge in [-0.05, 0) is 24.5 Å². The molecule has 0 fully saturated rings. The van der Waals surface area contributed by atoms with Crippen molar-refractivity contribution >= 4 is 15.9 Å². The number of ether oxygens (including phenoxy) is 2. The molecule has 1 aromatic rings. The Balaban J connectivity index is 2.48. The van der Waals surface area contributed by atoms with Gasteiger partial charge in [-0.3, -0.25) is 0 Å². The van der Waals surface area contributed by atoms with Crippen LogP contribution in [0, 0.1) is 5.92 Å². The Bertz CT molecular complexity index is 369. The molecule has 0 aliphatic rings. The minimum absolute atomic E-state index is 0.0659. The topological polar surface area (TPSA) is 44.5 Å². The molecule has 2 N–H and O–H groups in total. The average Bonchev–Trinajstić information content (AvgIpc) is 2.34. The number of nitrogens with two attached hydrogens (primary N) is 1. The zero-order valence-electron chi connectivity index (χ0n) is 11.9. The standard InChI is InChI=1S/C15H24BrNO2/c1-11(2)10-18-8-9-19-15(12(3)17)13-6-4-5-7-14(13)16/h4-7,11-12,15H,8-10,17H2,1-3H3. The van der Waals surface area contributed by atoms with Crippen LogP contribution in [0.4, 0.5) is 0 Å². The van der Waals surface area contributed by atoms with Gasteiger partial charge in [0, 0.05) is 17.1 Å². The molecule has 0 saturated heterocycles. The summed E-state index contributed by atoms with van der Waals surface area (Å²) < 4.78 is 12.4. The number of hydrogen-bond acceptors (Lipinski definition) is 3. The van der Waals surface area contributed by atoms with E-state index >= 15 is 0 Å². The van der Waals surface area contributed by atoms with Crippen molar-refractivity contribution in [1.82, 2.24) is 0 Å². The van der Waals surface area contributed by atoms with Crippen molar-refractivity contribution in [3.05, 3.63) is 34.3 Å². The Morgan fingerprint density at radius 1 is 1.16 bits per heavy atom. The van der Waals surface area contributed by atoms with Crippen molar-refractivity contribution in [2.45, 2.75) is 32.9 Å². The van der Waals surface area contributed by atoms with E-state index in [1.54, 1.807) is 0 Å². The van der Waals surface area contributed by atoms with E-state index < -0.39 is 0 Å². The van der Waals surface area contributed by atoms with Crippen molar-refractivity contribution in [1.29, 1.82) is 0 Å². The first kappa shape index (κ1) is 16.6. The number of halogens is 1. The van der Waals surface area contributed by atoms with Gasteiger partial charge in [-0.1, -0.05) is 48.0 Å². The van der Waals surface area contributed by atoms with Crippen LogP contribution in [0.3, 0.4) is 0 Å². The summed E-state index contributed by atoms with van der Waals surface area (Å²) in [7, 11) is 0. The lowest BCUT2D eigenvalue weighted by Gasteiger charge is -2.23. The molecule has 0 radical (unpaired) electrons. The second kappa shape index (κ2) is 8.69. The van der Waals surface area contributed by atoms with Crippen LogP contribution in [-0.2, 0) is 9.47 Å². The molecule has 3 nitrogen and oxygen atoms in total. The lowest BCUT2D eigenvalue weighted by Crippen LogP contribution is -2.28. The van der Waals surface area contributed by atoms with E-state index in [4.69, 9.17) is 15.2 Å². The number of hydrogen-bond donors (Lipinski definition) is 1. The molecule has 0 spiro atoms. The Morgan fingerprint density at radius 3 is 2.42 bits per heavy atom.